The zero-order valence-corrected chi connectivity index (χ0v) is 10.5. The zero-order chi connectivity index (χ0) is 11.4. The lowest BCUT2D eigenvalue weighted by Crippen LogP contribution is -2.45. The van der Waals surface area contributed by atoms with Gasteiger partial charge in [-0.3, -0.25) is 4.79 Å². The largest absolute Gasteiger partial charge is 0.376 e. The second-order valence-corrected chi connectivity index (χ2v) is 5.62. The molecule has 5 heteroatoms. The van der Waals surface area contributed by atoms with Gasteiger partial charge in [-0.05, 0) is 13.3 Å². The molecule has 3 unspecified atom stereocenters. The summed E-state index contributed by atoms with van der Waals surface area (Å²) in [7, 11) is 0. The molecule has 2 saturated heterocycles. The molecule has 4 nitrogen and oxygen atoms in total. The average Bonchev–Trinajstić information content (AvgIpc) is 2.66. The second-order valence-electron chi connectivity index (χ2n) is 4.47. The van der Waals surface area contributed by atoms with Gasteiger partial charge in [0, 0.05) is 37.1 Å². The molecule has 16 heavy (non-hydrogen) atoms. The van der Waals surface area contributed by atoms with Gasteiger partial charge in [0.15, 0.2) is 0 Å². The van der Waals surface area contributed by atoms with Crippen LogP contribution in [0.1, 0.15) is 19.8 Å². The van der Waals surface area contributed by atoms with Crippen molar-refractivity contribution in [3.63, 3.8) is 0 Å². The van der Waals surface area contributed by atoms with E-state index in [4.69, 9.17) is 4.74 Å². The minimum atomic E-state index is 0.155. The number of ether oxygens (including phenoxy) is 1. The topological polar surface area (TPSA) is 50.4 Å². The van der Waals surface area contributed by atoms with Crippen molar-refractivity contribution >= 4 is 17.7 Å². The Kier molecular flexibility index (Phi) is 4.49. The molecular formula is C11H20N2O2S. The van der Waals surface area contributed by atoms with E-state index in [1.165, 1.54) is 0 Å². The molecule has 0 radical (unpaired) electrons. The normalized spacial score (nSPS) is 34.9. The molecular weight excluding hydrogens is 224 g/mol. The molecule has 0 aromatic carbocycles. The smallest absolute Gasteiger partial charge is 0.221 e. The quantitative estimate of drug-likeness (QED) is 0.753. The fraction of sp³-hybridized carbons (Fsp3) is 0.909. The van der Waals surface area contributed by atoms with Crippen LogP contribution in [0.4, 0.5) is 0 Å². The van der Waals surface area contributed by atoms with E-state index < -0.39 is 0 Å². The van der Waals surface area contributed by atoms with Gasteiger partial charge in [-0.15, -0.1) is 0 Å². The summed E-state index contributed by atoms with van der Waals surface area (Å²) in [4.78, 5) is 11.8. The van der Waals surface area contributed by atoms with E-state index >= 15 is 0 Å². The minimum Gasteiger partial charge on any atom is -0.376 e. The maximum absolute atomic E-state index is 11.8. The number of carbonyl (C=O) groups is 1. The zero-order valence-electron chi connectivity index (χ0n) is 9.70. The van der Waals surface area contributed by atoms with Gasteiger partial charge in [0.1, 0.15) is 0 Å². The SMILES string of the molecule is CC1OCCC1NC(=O)CC1CSCCN1. The van der Waals surface area contributed by atoms with E-state index in [0.717, 1.165) is 31.1 Å². The second kappa shape index (κ2) is 5.89. The molecule has 2 aliphatic rings. The van der Waals surface area contributed by atoms with E-state index in [1.54, 1.807) is 0 Å². The van der Waals surface area contributed by atoms with Gasteiger partial charge in [-0.25, -0.2) is 0 Å². The van der Waals surface area contributed by atoms with Crippen LogP contribution in [-0.2, 0) is 9.53 Å². The molecule has 92 valence electrons. The number of hydrogen-bond donors (Lipinski definition) is 2. The molecule has 0 aromatic rings. The molecule has 3 atom stereocenters. The number of nitrogens with one attached hydrogen (secondary N) is 2. The van der Waals surface area contributed by atoms with E-state index in [9.17, 15) is 4.79 Å². The van der Waals surface area contributed by atoms with Gasteiger partial charge in [0.2, 0.25) is 5.91 Å². The Labute approximate surface area is 101 Å². The van der Waals surface area contributed by atoms with Crippen molar-refractivity contribution in [1.82, 2.24) is 10.6 Å². The summed E-state index contributed by atoms with van der Waals surface area (Å²) in [5.41, 5.74) is 0. The van der Waals surface area contributed by atoms with Gasteiger partial charge in [0.25, 0.3) is 0 Å². The Bertz CT molecular complexity index is 244. The van der Waals surface area contributed by atoms with Crippen LogP contribution in [0.5, 0.6) is 0 Å². The molecule has 2 rings (SSSR count). The molecule has 1 amide bonds. The van der Waals surface area contributed by atoms with Crippen LogP contribution in [0.3, 0.4) is 0 Å². The van der Waals surface area contributed by atoms with Crippen molar-refractivity contribution in [2.45, 2.75) is 38.0 Å². The standard InChI is InChI=1S/C11H20N2O2S/c1-8-10(2-4-15-8)13-11(14)6-9-7-16-5-3-12-9/h8-10,12H,2-7H2,1H3,(H,13,14). The van der Waals surface area contributed by atoms with Crippen molar-refractivity contribution in [3.05, 3.63) is 0 Å². The molecule has 2 heterocycles. The van der Waals surface area contributed by atoms with E-state index in [1.807, 2.05) is 18.7 Å². The molecule has 2 aliphatic heterocycles. The number of amides is 1. The van der Waals surface area contributed by atoms with E-state index in [2.05, 4.69) is 10.6 Å². The van der Waals surface area contributed by atoms with Gasteiger partial charge >= 0.3 is 0 Å². The maximum Gasteiger partial charge on any atom is 0.221 e. The van der Waals surface area contributed by atoms with E-state index in [-0.39, 0.29) is 18.1 Å². The summed E-state index contributed by atoms with van der Waals surface area (Å²) in [6.45, 7) is 3.81. The summed E-state index contributed by atoms with van der Waals surface area (Å²) >= 11 is 1.92. The van der Waals surface area contributed by atoms with Crippen LogP contribution in [-0.4, -0.2) is 48.8 Å². The highest BCUT2D eigenvalue weighted by molar-refractivity contribution is 7.99. The number of hydrogen-bond acceptors (Lipinski definition) is 4. The van der Waals surface area contributed by atoms with Crippen molar-refractivity contribution in [1.29, 1.82) is 0 Å². The number of carbonyl (C=O) groups excluding carboxylic acids is 1. The highest BCUT2D eigenvalue weighted by atomic mass is 32.2. The summed E-state index contributed by atoms with van der Waals surface area (Å²) in [6.07, 6.45) is 1.70. The average molecular weight is 244 g/mol. The predicted molar refractivity (Wildman–Crippen MR) is 65.7 cm³/mol. The van der Waals surface area contributed by atoms with Gasteiger partial charge in [0.05, 0.1) is 12.1 Å². The molecule has 0 bridgehead atoms. The first-order valence-corrected chi connectivity index (χ1v) is 7.13. The van der Waals surface area contributed by atoms with Crippen LogP contribution in [0.15, 0.2) is 0 Å². The molecule has 2 fully saturated rings. The first-order chi connectivity index (χ1) is 7.75. The molecule has 0 saturated carbocycles. The third-order valence-electron chi connectivity index (χ3n) is 3.15. The molecule has 0 aromatic heterocycles. The highest BCUT2D eigenvalue weighted by Crippen LogP contribution is 2.14. The first-order valence-electron chi connectivity index (χ1n) is 5.98. The maximum atomic E-state index is 11.8. The highest BCUT2D eigenvalue weighted by Gasteiger charge is 2.26. The third-order valence-corrected chi connectivity index (χ3v) is 4.28. The van der Waals surface area contributed by atoms with Crippen LogP contribution >= 0.6 is 11.8 Å². The van der Waals surface area contributed by atoms with Gasteiger partial charge in [-0.1, -0.05) is 0 Å². The number of thioether (sulfide) groups is 1. The van der Waals surface area contributed by atoms with E-state index in [0.29, 0.717) is 12.5 Å². The van der Waals surface area contributed by atoms with Crippen molar-refractivity contribution in [3.8, 4) is 0 Å². The van der Waals surface area contributed by atoms with Crippen LogP contribution in [0.25, 0.3) is 0 Å². The Hall–Kier alpha value is -0.260. The van der Waals surface area contributed by atoms with Crippen molar-refractivity contribution < 1.29 is 9.53 Å². The lowest BCUT2D eigenvalue weighted by molar-refractivity contribution is -0.122. The Morgan fingerprint density at radius 3 is 3.12 bits per heavy atom. The molecule has 0 aliphatic carbocycles. The Balaban J connectivity index is 1.70. The fourth-order valence-electron chi connectivity index (χ4n) is 2.16. The van der Waals surface area contributed by atoms with Crippen molar-refractivity contribution in [2.24, 2.45) is 0 Å². The van der Waals surface area contributed by atoms with Crippen LogP contribution in [0, 0.1) is 0 Å². The minimum absolute atomic E-state index is 0.155. The van der Waals surface area contributed by atoms with Gasteiger partial charge in [-0.2, -0.15) is 11.8 Å². The van der Waals surface area contributed by atoms with Crippen molar-refractivity contribution in [2.75, 3.05) is 24.7 Å². The first kappa shape index (κ1) is 12.2. The Morgan fingerprint density at radius 1 is 1.62 bits per heavy atom. The van der Waals surface area contributed by atoms with Crippen LogP contribution < -0.4 is 10.6 Å². The van der Waals surface area contributed by atoms with Gasteiger partial charge < -0.3 is 15.4 Å². The summed E-state index contributed by atoms with van der Waals surface area (Å²) in [5.74, 6) is 2.36. The van der Waals surface area contributed by atoms with Crippen LogP contribution in [0.2, 0.25) is 0 Å². The predicted octanol–water partition coefficient (Wildman–Crippen LogP) is 0.375. The molecule has 2 N–H and O–H groups in total. The lowest BCUT2D eigenvalue weighted by atomic mass is 10.1. The summed E-state index contributed by atoms with van der Waals surface area (Å²) in [6, 6.07) is 0.556. The third kappa shape index (κ3) is 3.37. The monoisotopic (exact) mass is 244 g/mol. The fourth-order valence-corrected chi connectivity index (χ4v) is 3.11. The lowest BCUT2D eigenvalue weighted by Gasteiger charge is -2.24. The number of rotatable bonds is 3. The summed E-state index contributed by atoms with van der Waals surface area (Å²) < 4.78 is 5.42. The Morgan fingerprint density at radius 2 is 2.50 bits per heavy atom. The summed E-state index contributed by atoms with van der Waals surface area (Å²) in [5, 5.41) is 6.44. The molecule has 0 spiro atoms.